The Kier molecular flexibility index (Phi) is 6.78. The molecule has 1 amide bonds. The maximum Gasteiger partial charge on any atom is 0.254 e. The summed E-state index contributed by atoms with van der Waals surface area (Å²) >= 11 is 0. The zero-order valence-electron chi connectivity index (χ0n) is 17.3. The molecule has 1 aliphatic carbocycles. The summed E-state index contributed by atoms with van der Waals surface area (Å²) in [6.07, 6.45) is 4.09. The van der Waals surface area contributed by atoms with E-state index in [1.807, 2.05) is 13.8 Å². The lowest BCUT2D eigenvalue weighted by Crippen LogP contribution is -2.48. The van der Waals surface area contributed by atoms with Gasteiger partial charge < -0.3 is 9.80 Å². The average Bonchev–Trinajstić information content (AvgIpc) is 3.54. The van der Waals surface area contributed by atoms with Gasteiger partial charge in [-0.05, 0) is 50.4 Å². The molecule has 0 spiro atoms. The molecule has 2 aliphatic rings. The second-order valence-corrected chi connectivity index (χ2v) is 9.66. The van der Waals surface area contributed by atoms with E-state index in [1.165, 1.54) is 4.31 Å². The zero-order valence-corrected chi connectivity index (χ0v) is 18.1. The van der Waals surface area contributed by atoms with Crippen LogP contribution >= 0.6 is 0 Å². The number of rotatable bonds is 8. The number of piperidine rings is 1. The van der Waals surface area contributed by atoms with E-state index in [-0.39, 0.29) is 16.8 Å². The van der Waals surface area contributed by atoms with E-state index in [1.54, 1.807) is 24.3 Å². The number of hydrogen-bond acceptors (Lipinski definition) is 4. The third-order valence-electron chi connectivity index (χ3n) is 6.00. The van der Waals surface area contributed by atoms with E-state index in [0.29, 0.717) is 24.7 Å². The fraction of sp³-hybridized carbons (Fsp3) is 0.667. The van der Waals surface area contributed by atoms with Gasteiger partial charge in [-0.2, -0.15) is 4.31 Å². The van der Waals surface area contributed by atoms with Crippen LogP contribution in [-0.4, -0.2) is 73.2 Å². The van der Waals surface area contributed by atoms with Crippen LogP contribution in [0.25, 0.3) is 0 Å². The minimum atomic E-state index is -3.57. The van der Waals surface area contributed by atoms with E-state index < -0.39 is 10.0 Å². The summed E-state index contributed by atoms with van der Waals surface area (Å²) < 4.78 is 27.1. The van der Waals surface area contributed by atoms with Gasteiger partial charge >= 0.3 is 0 Å². The third kappa shape index (κ3) is 4.42. The topological polar surface area (TPSA) is 60.9 Å². The Morgan fingerprint density at radius 2 is 1.64 bits per heavy atom. The maximum atomic E-state index is 13.4. The van der Waals surface area contributed by atoms with Crippen molar-refractivity contribution < 1.29 is 13.2 Å². The standard InChI is InChI=1S/C21H33N3O3S/c1-4-22-14-12-19(13-15-22)24(18-10-11-18)21(25)17-8-7-9-20(16-17)28(26,27)23(5-2)6-3/h7-9,16,18-19H,4-6,10-15H2,1-3H3. The molecule has 28 heavy (non-hydrogen) atoms. The average molecular weight is 408 g/mol. The molecule has 1 saturated heterocycles. The molecule has 0 atom stereocenters. The van der Waals surface area contributed by atoms with Crippen molar-refractivity contribution in [3.63, 3.8) is 0 Å². The summed E-state index contributed by atoms with van der Waals surface area (Å²) in [6, 6.07) is 7.16. The Morgan fingerprint density at radius 3 is 2.18 bits per heavy atom. The zero-order chi connectivity index (χ0) is 20.3. The summed E-state index contributed by atoms with van der Waals surface area (Å²) in [6.45, 7) is 9.76. The first-order chi connectivity index (χ1) is 13.4. The predicted molar refractivity (Wildman–Crippen MR) is 111 cm³/mol. The van der Waals surface area contributed by atoms with E-state index in [0.717, 1.165) is 45.3 Å². The molecule has 6 nitrogen and oxygen atoms in total. The second-order valence-electron chi connectivity index (χ2n) is 7.73. The minimum absolute atomic E-state index is 0.0194. The molecule has 7 heteroatoms. The number of likely N-dealkylation sites (tertiary alicyclic amines) is 1. The van der Waals surface area contributed by atoms with Gasteiger partial charge in [0, 0.05) is 43.8 Å². The lowest BCUT2D eigenvalue weighted by atomic mass is 10.0. The van der Waals surface area contributed by atoms with Gasteiger partial charge in [-0.3, -0.25) is 4.79 Å². The van der Waals surface area contributed by atoms with Crippen LogP contribution in [0.5, 0.6) is 0 Å². The summed E-state index contributed by atoms with van der Waals surface area (Å²) in [5, 5.41) is 0. The maximum absolute atomic E-state index is 13.4. The van der Waals surface area contributed by atoms with Crippen molar-refractivity contribution in [2.75, 3.05) is 32.7 Å². The molecular weight excluding hydrogens is 374 g/mol. The second kappa shape index (κ2) is 8.93. The van der Waals surface area contributed by atoms with Crippen LogP contribution in [0, 0.1) is 0 Å². The van der Waals surface area contributed by atoms with Gasteiger partial charge in [0.05, 0.1) is 4.90 Å². The SMILES string of the molecule is CCN1CCC(N(C(=O)c2cccc(S(=O)(=O)N(CC)CC)c2)C2CC2)CC1. The van der Waals surface area contributed by atoms with E-state index in [9.17, 15) is 13.2 Å². The van der Waals surface area contributed by atoms with Gasteiger partial charge in [0.15, 0.2) is 0 Å². The highest BCUT2D eigenvalue weighted by atomic mass is 32.2. The molecule has 156 valence electrons. The van der Waals surface area contributed by atoms with E-state index in [4.69, 9.17) is 0 Å². The molecule has 0 radical (unpaired) electrons. The van der Waals surface area contributed by atoms with Crippen LogP contribution in [0.2, 0.25) is 0 Å². The number of sulfonamides is 1. The fourth-order valence-electron chi connectivity index (χ4n) is 4.15. The largest absolute Gasteiger partial charge is 0.333 e. The Balaban J connectivity index is 1.83. The van der Waals surface area contributed by atoms with Crippen LogP contribution in [0.1, 0.15) is 56.8 Å². The van der Waals surface area contributed by atoms with Crippen molar-refractivity contribution >= 4 is 15.9 Å². The molecule has 3 rings (SSSR count). The molecular formula is C21H33N3O3S. The molecule has 1 saturated carbocycles. The van der Waals surface area contributed by atoms with Crippen molar-refractivity contribution in [2.45, 2.75) is 63.4 Å². The van der Waals surface area contributed by atoms with Crippen molar-refractivity contribution in [2.24, 2.45) is 0 Å². The molecule has 0 N–H and O–H groups in total. The molecule has 2 fully saturated rings. The lowest BCUT2D eigenvalue weighted by Gasteiger charge is -2.38. The number of carbonyl (C=O) groups is 1. The summed E-state index contributed by atoms with van der Waals surface area (Å²) in [5.74, 6) is -0.0194. The van der Waals surface area contributed by atoms with Gasteiger partial charge in [-0.25, -0.2) is 8.42 Å². The van der Waals surface area contributed by atoms with Crippen LogP contribution in [0.4, 0.5) is 0 Å². The Labute approximate surface area is 169 Å². The number of hydrogen-bond donors (Lipinski definition) is 0. The van der Waals surface area contributed by atoms with Gasteiger partial charge in [0.1, 0.15) is 0 Å². The normalized spacial score (nSPS) is 19.1. The molecule has 0 aromatic heterocycles. The first-order valence-corrected chi connectivity index (χ1v) is 12.0. The first kappa shape index (κ1) is 21.3. The van der Waals surface area contributed by atoms with Crippen LogP contribution in [0.3, 0.4) is 0 Å². The molecule has 0 unspecified atom stereocenters. The number of nitrogens with zero attached hydrogens (tertiary/aromatic N) is 3. The monoisotopic (exact) mass is 407 g/mol. The molecule has 1 heterocycles. The summed E-state index contributed by atoms with van der Waals surface area (Å²) in [4.78, 5) is 18.0. The molecule has 1 aromatic rings. The van der Waals surface area contributed by atoms with Gasteiger partial charge in [0.25, 0.3) is 5.91 Å². The predicted octanol–water partition coefficient (Wildman–Crippen LogP) is 2.81. The highest BCUT2D eigenvalue weighted by Gasteiger charge is 2.39. The van der Waals surface area contributed by atoms with Gasteiger partial charge in [0.2, 0.25) is 10.0 Å². The third-order valence-corrected chi connectivity index (χ3v) is 8.04. The lowest BCUT2D eigenvalue weighted by molar-refractivity contribution is 0.0554. The Hall–Kier alpha value is -1.44. The van der Waals surface area contributed by atoms with E-state index in [2.05, 4.69) is 16.7 Å². The number of carbonyl (C=O) groups excluding carboxylic acids is 1. The Bertz CT molecular complexity index is 780. The Morgan fingerprint density at radius 1 is 1.04 bits per heavy atom. The fourth-order valence-corrected chi connectivity index (χ4v) is 5.65. The quantitative estimate of drug-likeness (QED) is 0.665. The van der Waals surface area contributed by atoms with Crippen LogP contribution < -0.4 is 0 Å². The summed E-state index contributed by atoms with van der Waals surface area (Å²) in [7, 11) is -3.57. The number of amides is 1. The van der Waals surface area contributed by atoms with Crippen LogP contribution in [0.15, 0.2) is 29.2 Å². The minimum Gasteiger partial charge on any atom is -0.333 e. The van der Waals surface area contributed by atoms with Crippen LogP contribution in [-0.2, 0) is 10.0 Å². The summed E-state index contributed by atoms with van der Waals surface area (Å²) in [5.41, 5.74) is 0.484. The first-order valence-electron chi connectivity index (χ1n) is 10.6. The van der Waals surface area contributed by atoms with Crippen molar-refractivity contribution in [3.8, 4) is 0 Å². The highest BCUT2D eigenvalue weighted by Crippen LogP contribution is 2.33. The van der Waals surface area contributed by atoms with Crippen molar-refractivity contribution in [1.82, 2.24) is 14.1 Å². The highest BCUT2D eigenvalue weighted by molar-refractivity contribution is 7.89. The van der Waals surface area contributed by atoms with E-state index >= 15 is 0 Å². The molecule has 0 bridgehead atoms. The van der Waals surface area contributed by atoms with Crippen molar-refractivity contribution in [1.29, 1.82) is 0 Å². The van der Waals surface area contributed by atoms with Gasteiger partial charge in [-0.15, -0.1) is 0 Å². The smallest absolute Gasteiger partial charge is 0.254 e. The molecule has 1 aromatic carbocycles. The number of benzene rings is 1. The van der Waals surface area contributed by atoms with Gasteiger partial charge in [-0.1, -0.05) is 26.8 Å². The van der Waals surface area contributed by atoms with Crippen molar-refractivity contribution in [3.05, 3.63) is 29.8 Å². The molecule has 1 aliphatic heterocycles.